The van der Waals surface area contributed by atoms with Crippen molar-refractivity contribution >= 4 is 5.91 Å². The van der Waals surface area contributed by atoms with Gasteiger partial charge in [-0.1, -0.05) is 18.2 Å². The second-order valence-electron chi connectivity index (χ2n) is 4.08. The number of morpholine rings is 1. The minimum atomic E-state index is -0.0728. The Hall–Kier alpha value is -1.55. The molecule has 2 aliphatic heterocycles. The van der Waals surface area contributed by atoms with Crippen LogP contribution in [0.3, 0.4) is 0 Å². The van der Waals surface area contributed by atoms with Gasteiger partial charge in [-0.15, -0.1) is 0 Å². The molecule has 4 heteroatoms. The summed E-state index contributed by atoms with van der Waals surface area (Å²) in [7, 11) is 0. The van der Waals surface area contributed by atoms with Gasteiger partial charge < -0.3 is 14.8 Å². The Morgan fingerprint density at radius 1 is 1.31 bits per heavy atom. The van der Waals surface area contributed by atoms with Crippen molar-refractivity contribution < 1.29 is 14.3 Å². The first kappa shape index (κ1) is 9.66. The predicted octanol–water partition coefficient (Wildman–Crippen LogP) is 1.03. The fourth-order valence-corrected chi connectivity index (χ4v) is 2.28. The van der Waals surface area contributed by atoms with Crippen molar-refractivity contribution in [2.45, 2.75) is 18.6 Å². The third kappa shape index (κ3) is 1.55. The van der Waals surface area contributed by atoms with Crippen molar-refractivity contribution in [2.24, 2.45) is 0 Å². The summed E-state index contributed by atoms with van der Waals surface area (Å²) in [5, 5.41) is 2.96. The van der Waals surface area contributed by atoms with Gasteiger partial charge >= 0.3 is 0 Å². The maximum Gasteiger partial charge on any atom is 0.246 e. The number of carbonyl (C=O) groups is 1. The van der Waals surface area contributed by atoms with Crippen molar-refractivity contribution in [1.29, 1.82) is 0 Å². The lowest BCUT2D eigenvalue weighted by Crippen LogP contribution is -2.47. The molecule has 0 saturated carbocycles. The van der Waals surface area contributed by atoms with E-state index in [1.807, 2.05) is 24.3 Å². The highest BCUT2D eigenvalue weighted by atomic mass is 16.5. The Bertz CT molecular complexity index is 418. The van der Waals surface area contributed by atoms with Crippen LogP contribution in [0.1, 0.15) is 18.1 Å². The molecule has 4 nitrogen and oxygen atoms in total. The Kier molecular flexibility index (Phi) is 2.29. The zero-order valence-corrected chi connectivity index (χ0v) is 8.81. The van der Waals surface area contributed by atoms with E-state index < -0.39 is 0 Å². The Morgan fingerprint density at radius 3 is 3.12 bits per heavy atom. The lowest BCUT2D eigenvalue weighted by Gasteiger charge is -2.30. The van der Waals surface area contributed by atoms with Crippen molar-refractivity contribution in [3.05, 3.63) is 29.8 Å². The van der Waals surface area contributed by atoms with Gasteiger partial charge in [-0.25, -0.2) is 0 Å². The van der Waals surface area contributed by atoms with E-state index in [4.69, 9.17) is 9.47 Å². The lowest BCUT2D eigenvalue weighted by atomic mass is 9.99. The van der Waals surface area contributed by atoms with E-state index in [9.17, 15) is 4.79 Å². The SMILES string of the molecule is O=C1CO[C@@H]2c3ccccc3OCC[C@@H]2N1. The number of fused-ring (bicyclic) bond motifs is 3. The van der Waals surface area contributed by atoms with Crippen LogP contribution in [0.4, 0.5) is 0 Å². The van der Waals surface area contributed by atoms with Gasteiger partial charge in [0, 0.05) is 12.0 Å². The fraction of sp³-hybridized carbons (Fsp3) is 0.417. The summed E-state index contributed by atoms with van der Waals surface area (Å²) >= 11 is 0. The molecule has 2 atom stereocenters. The molecule has 2 heterocycles. The number of hydrogen-bond acceptors (Lipinski definition) is 3. The summed E-state index contributed by atoms with van der Waals surface area (Å²) < 4.78 is 11.3. The summed E-state index contributed by atoms with van der Waals surface area (Å²) in [5.74, 6) is 0.826. The molecule has 1 amide bonds. The molecule has 2 aliphatic rings. The second kappa shape index (κ2) is 3.79. The van der Waals surface area contributed by atoms with Gasteiger partial charge in [0.1, 0.15) is 18.5 Å². The molecule has 3 rings (SSSR count). The maximum absolute atomic E-state index is 11.3. The third-order valence-corrected chi connectivity index (χ3v) is 3.02. The minimum Gasteiger partial charge on any atom is -0.493 e. The van der Waals surface area contributed by atoms with Gasteiger partial charge in [0.2, 0.25) is 5.91 Å². The summed E-state index contributed by atoms with van der Waals surface area (Å²) in [6.45, 7) is 0.747. The largest absolute Gasteiger partial charge is 0.493 e. The molecule has 1 aromatic carbocycles. The maximum atomic E-state index is 11.3. The van der Waals surface area contributed by atoms with Gasteiger partial charge in [-0.05, 0) is 6.07 Å². The van der Waals surface area contributed by atoms with Gasteiger partial charge in [0.25, 0.3) is 0 Å². The van der Waals surface area contributed by atoms with E-state index in [1.54, 1.807) is 0 Å². The molecule has 0 radical (unpaired) electrons. The van der Waals surface area contributed by atoms with Gasteiger partial charge in [-0.3, -0.25) is 4.79 Å². The molecule has 0 aliphatic carbocycles. The molecule has 1 N–H and O–H groups in total. The van der Waals surface area contributed by atoms with Crippen LogP contribution in [0.2, 0.25) is 0 Å². The molecular formula is C12H13NO3. The fourth-order valence-electron chi connectivity index (χ4n) is 2.28. The molecule has 1 aromatic rings. The van der Waals surface area contributed by atoms with Crippen LogP contribution in [-0.2, 0) is 9.53 Å². The Labute approximate surface area is 93.5 Å². The highest BCUT2D eigenvalue weighted by Crippen LogP contribution is 2.35. The number of nitrogens with one attached hydrogen (secondary N) is 1. The highest BCUT2D eigenvalue weighted by molar-refractivity contribution is 5.78. The first-order valence-corrected chi connectivity index (χ1v) is 5.47. The third-order valence-electron chi connectivity index (χ3n) is 3.02. The van der Waals surface area contributed by atoms with E-state index in [0.29, 0.717) is 6.61 Å². The average Bonchev–Trinajstić information content (AvgIpc) is 2.47. The summed E-state index contributed by atoms with van der Waals surface area (Å²) in [6, 6.07) is 7.88. The van der Waals surface area contributed by atoms with Crippen LogP contribution in [0, 0.1) is 0 Å². The van der Waals surface area contributed by atoms with Crippen molar-refractivity contribution in [1.82, 2.24) is 5.32 Å². The average molecular weight is 219 g/mol. The van der Waals surface area contributed by atoms with Crippen LogP contribution in [-0.4, -0.2) is 25.2 Å². The normalized spacial score (nSPS) is 28.1. The van der Waals surface area contributed by atoms with Gasteiger partial charge in [0.15, 0.2) is 0 Å². The van der Waals surface area contributed by atoms with E-state index >= 15 is 0 Å². The molecule has 1 fully saturated rings. The summed E-state index contributed by atoms with van der Waals surface area (Å²) in [6.07, 6.45) is 0.710. The quantitative estimate of drug-likeness (QED) is 0.708. The molecule has 16 heavy (non-hydrogen) atoms. The standard InChI is InChI=1S/C12H13NO3/c14-11-7-16-12-8-3-1-2-4-10(8)15-6-5-9(12)13-11/h1-4,9,12H,5-7H2,(H,13,14)/t9-,12+/m0/s1. The van der Waals surface area contributed by atoms with E-state index in [2.05, 4.69) is 5.32 Å². The zero-order chi connectivity index (χ0) is 11.0. The van der Waals surface area contributed by atoms with Crippen molar-refractivity contribution in [3.8, 4) is 5.75 Å². The lowest BCUT2D eigenvalue weighted by molar-refractivity contribution is -0.137. The monoisotopic (exact) mass is 219 g/mol. The number of para-hydroxylation sites is 1. The minimum absolute atomic E-state index is 0.0323. The van der Waals surface area contributed by atoms with Crippen molar-refractivity contribution in [2.75, 3.05) is 13.2 Å². The van der Waals surface area contributed by atoms with E-state index in [-0.39, 0.29) is 24.7 Å². The van der Waals surface area contributed by atoms with Crippen LogP contribution in [0.25, 0.3) is 0 Å². The second-order valence-corrected chi connectivity index (χ2v) is 4.08. The Morgan fingerprint density at radius 2 is 2.19 bits per heavy atom. The topological polar surface area (TPSA) is 47.6 Å². The number of rotatable bonds is 0. The first-order valence-electron chi connectivity index (χ1n) is 5.47. The van der Waals surface area contributed by atoms with E-state index in [1.165, 1.54) is 0 Å². The number of benzene rings is 1. The molecule has 0 unspecified atom stereocenters. The molecule has 0 bridgehead atoms. The van der Waals surface area contributed by atoms with E-state index in [0.717, 1.165) is 17.7 Å². The van der Waals surface area contributed by atoms with Crippen LogP contribution >= 0.6 is 0 Å². The number of carbonyl (C=O) groups excluding carboxylic acids is 1. The zero-order valence-electron chi connectivity index (χ0n) is 8.81. The molecule has 0 aromatic heterocycles. The van der Waals surface area contributed by atoms with Gasteiger partial charge in [0.05, 0.1) is 12.6 Å². The molecule has 1 saturated heterocycles. The molecule has 84 valence electrons. The first-order chi connectivity index (χ1) is 7.84. The predicted molar refractivity (Wildman–Crippen MR) is 57.2 cm³/mol. The van der Waals surface area contributed by atoms with Crippen LogP contribution in [0.15, 0.2) is 24.3 Å². The van der Waals surface area contributed by atoms with Crippen LogP contribution in [0.5, 0.6) is 5.75 Å². The highest BCUT2D eigenvalue weighted by Gasteiger charge is 2.34. The molecule has 0 spiro atoms. The summed E-state index contributed by atoms with van der Waals surface area (Å²) in [4.78, 5) is 11.3. The number of ether oxygens (including phenoxy) is 2. The number of amides is 1. The smallest absolute Gasteiger partial charge is 0.246 e. The number of hydrogen-bond donors (Lipinski definition) is 1. The Balaban J connectivity index is 1.98. The van der Waals surface area contributed by atoms with Crippen LogP contribution < -0.4 is 10.1 Å². The van der Waals surface area contributed by atoms with Gasteiger partial charge in [-0.2, -0.15) is 0 Å². The summed E-state index contributed by atoms with van der Waals surface area (Å²) in [5.41, 5.74) is 1.03. The van der Waals surface area contributed by atoms with Crippen molar-refractivity contribution in [3.63, 3.8) is 0 Å². The molecular weight excluding hydrogens is 206 g/mol.